The molecule has 0 spiro atoms. The summed E-state index contributed by atoms with van der Waals surface area (Å²) in [6.45, 7) is 6.97. The SMILES string of the molecule is C[CH2][Al]([CH2]C)[CH2]C.O=C(CC(=O)c1ccccc1)c1ccccc1.[Ba]. The van der Waals surface area contributed by atoms with Crippen molar-refractivity contribution in [1.29, 1.82) is 0 Å². The summed E-state index contributed by atoms with van der Waals surface area (Å²) >= 11 is -0.171. The molecule has 0 fully saturated rings. The minimum Gasteiger partial charge on any atom is -0.294 e. The van der Waals surface area contributed by atoms with Gasteiger partial charge in [0, 0.05) is 60.0 Å². The van der Waals surface area contributed by atoms with Gasteiger partial charge in [-0.1, -0.05) is 97.3 Å². The molecule has 0 aliphatic heterocycles. The van der Waals surface area contributed by atoms with E-state index in [0.717, 1.165) is 0 Å². The second-order valence-electron chi connectivity index (χ2n) is 5.85. The van der Waals surface area contributed by atoms with Crippen LogP contribution >= 0.6 is 0 Å². The minimum absolute atomic E-state index is 0. The van der Waals surface area contributed by atoms with Crippen molar-refractivity contribution < 1.29 is 9.59 Å². The van der Waals surface area contributed by atoms with Crippen molar-refractivity contribution in [2.45, 2.75) is 43.0 Å². The van der Waals surface area contributed by atoms with Crippen LogP contribution in [0.3, 0.4) is 0 Å². The average Bonchev–Trinajstić information content (AvgIpc) is 2.65. The van der Waals surface area contributed by atoms with Gasteiger partial charge in [0.15, 0.2) is 11.6 Å². The van der Waals surface area contributed by atoms with Crippen LogP contribution in [0.1, 0.15) is 47.9 Å². The second kappa shape index (κ2) is 15.0. The maximum absolute atomic E-state index is 11.8. The van der Waals surface area contributed by atoms with Crippen LogP contribution in [0.5, 0.6) is 0 Å². The molecule has 0 heterocycles. The van der Waals surface area contributed by atoms with E-state index in [1.165, 1.54) is 15.8 Å². The van der Waals surface area contributed by atoms with Crippen LogP contribution in [0.25, 0.3) is 0 Å². The Kier molecular flexibility index (Phi) is 14.9. The largest absolute Gasteiger partial charge is 0.294 e. The van der Waals surface area contributed by atoms with Crippen molar-refractivity contribution in [2.75, 3.05) is 0 Å². The molecule has 4 heteroatoms. The molecule has 2 aromatic carbocycles. The van der Waals surface area contributed by atoms with E-state index in [-0.39, 0.29) is 81.0 Å². The Hall–Kier alpha value is -0.116. The molecule has 0 atom stereocenters. The summed E-state index contributed by atoms with van der Waals surface area (Å²) in [5.41, 5.74) is 1.16. The Morgan fingerprint density at radius 1 is 0.680 bits per heavy atom. The number of rotatable bonds is 7. The van der Waals surface area contributed by atoms with Gasteiger partial charge in [-0.15, -0.1) is 0 Å². The molecule has 25 heavy (non-hydrogen) atoms. The molecular weight excluding hydrogens is 449 g/mol. The Labute approximate surface area is 196 Å². The predicted molar refractivity (Wildman–Crippen MR) is 109 cm³/mol. The van der Waals surface area contributed by atoms with Gasteiger partial charge >= 0.3 is 0 Å². The molecule has 0 amide bonds. The Morgan fingerprint density at radius 2 is 1.00 bits per heavy atom. The normalized spacial score (nSPS) is 9.24. The fourth-order valence-corrected chi connectivity index (χ4v) is 4.20. The van der Waals surface area contributed by atoms with Crippen molar-refractivity contribution in [3.63, 3.8) is 0 Å². The summed E-state index contributed by atoms with van der Waals surface area (Å²) in [6.07, 6.45) is -0.0754. The van der Waals surface area contributed by atoms with E-state index in [2.05, 4.69) is 20.8 Å². The summed E-state index contributed by atoms with van der Waals surface area (Å²) in [4.78, 5) is 23.6. The van der Waals surface area contributed by atoms with Gasteiger partial charge in [0.1, 0.15) is 0 Å². The van der Waals surface area contributed by atoms with Crippen molar-refractivity contribution in [1.82, 2.24) is 0 Å². The molecule has 128 valence electrons. The number of Topliss-reactive ketones (excluding diaryl/α,β-unsaturated/α-hetero) is 2. The zero-order valence-corrected chi connectivity index (χ0v) is 21.3. The number of hydrogen-bond donors (Lipinski definition) is 0. The zero-order valence-electron chi connectivity index (χ0n) is 15.7. The van der Waals surface area contributed by atoms with Gasteiger partial charge in [-0.3, -0.25) is 9.59 Å². The maximum atomic E-state index is 11.8. The van der Waals surface area contributed by atoms with Gasteiger partial charge in [0.05, 0.1) is 6.42 Å². The van der Waals surface area contributed by atoms with Gasteiger partial charge in [0.2, 0.25) is 0 Å². The van der Waals surface area contributed by atoms with Crippen LogP contribution in [0.2, 0.25) is 15.8 Å². The molecule has 2 aromatic rings. The van der Waals surface area contributed by atoms with Crippen LogP contribution in [-0.4, -0.2) is 74.6 Å². The maximum Gasteiger partial charge on any atom is 0.261 e. The monoisotopic (exact) mass is 476 g/mol. The Morgan fingerprint density at radius 3 is 1.24 bits per heavy atom. The van der Waals surface area contributed by atoms with Crippen molar-refractivity contribution in [2.24, 2.45) is 0 Å². The standard InChI is InChI=1S/C15H12O2.3C2H5.Al.Ba/c16-14(12-7-3-1-4-8-12)11-15(17)13-9-5-2-6-10-13;3*1-2;;/h1-10H,11H2;3*1H2,2H3;;. The smallest absolute Gasteiger partial charge is 0.261 e. The van der Waals surface area contributed by atoms with Gasteiger partial charge < -0.3 is 0 Å². The van der Waals surface area contributed by atoms with E-state index >= 15 is 0 Å². The quantitative estimate of drug-likeness (QED) is 0.309. The third-order valence-corrected chi connectivity index (χ3v) is 7.71. The van der Waals surface area contributed by atoms with E-state index in [9.17, 15) is 9.59 Å². The fourth-order valence-electron chi connectivity index (χ4n) is 2.46. The molecule has 0 saturated carbocycles. The second-order valence-corrected chi connectivity index (χ2v) is 10.0. The molecule has 0 aliphatic carbocycles. The summed E-state index contributed by atoms with van der Waals surface area (Å²) in [5, 5.41) is 4.48. The van der Waals surface area contributed by atoms with Crippen LogP contribution in [0.15, 0.2) is 60.7 Å². The molecule has 0 unspecified atom stereocenters. The van der Waals surface area contributed by atoms with Crippen LogP contribution in [-0.2, 0) is 0 Å². The molecule has 2 radical (unpaired) electrons. The first-order valence-corrected chi connectivity index (χ1v) is 11.2. The third-order valence-electron chi connectivity index (χ3n) is 4.24. The van der Waals surface area contributed by atoms with E-state index in [0.29, 0.717) is 11.1 Å². The van der Waals surface area contributed by atoms with Gasteiger partial charge in [-0.2, -0.15) is 0 Å². The van der Waals surface area contributed by atoms with Gasteiger partial charge in [0.25, 0.3) is 14.1 Å². The van der Waals surface area contributed by atoms with Crippen LogP contribution in [0.4, 0.5) is 0 Å². The van der Waals surface area contributed by atoms with Crippen molar-refractivity contribution >= 4 is 74.6 Å². The fraction of sp³-hybridized carbons (Fsp3) is 0.333. The van der Waals surface area contributed by atoms with E-state index in [4.69, 9.17) is 0 Å². The predicted octanol–water partition coefficient (Wildman–Crippen LogP) is 5.30. The number of benzene rings is 2. The molecule has 2 rings (SSSR count). The number of hydrogen-bond acceptors (Lipinski definition) is 2. The molecule has 0 saturated heterocycles. The summed E-state index contributed by atoms with van der Waals surface area (Å²) < 4.78 is 0. The van der Waals surface area contributed by atoms with Gasteiger partial charge in [-0.25, -0.2) is 0 Å². The van der Waals surface area contributed by atoms with E-state index in [1.807, 2.05) is 12.1 Å². The number of ketones is 2. The van der Waals surface area contributed by atoms with Crippen LogP contribution in [0, 0.1) is 0 Å². The molecular formula is C21H27AlBaO2. The first-order chi connectivity index (χ1) is 11.6. The van der Waals surface area contributed by atoms with Crippen LogP contribution < -0.4 is 0 Å². The summed E-state index contributed by atoms with van der Waals surface area (Å²) in [5.74, 6) is -0.279. The first-order valence-electron chi connectivity index (χ1n) is 8.78. The Bertz CT molecular complexity index is 555. The number of carbonyl (C=O) groups excluding carboxylic acids is 2. The molecule has 0 aromatic heterocycles. The third kappa shape index (κ3) is 9.96. The number of carbonyl (C=O) groups is 2. The molecule has 0 aliphatic rings. The van der Waals surface area contributed by atoms with Crippen molar-refractivity contribution in [3.8, 4) is 0 Å². The summed E-state index contributed by atoms with van der Waals surface area (Å²) in [7, 11) is 0. The molecule has 0 bridgehead atoms. The van der Waals surface area contributed by atoms with E-state index < -0.39 is 0 Å². The minimum atomic E-state index is -0.171. The zero-order chi connectivity index (χ0) is 17.8. The Balaban J connectivity index is 0.000000620. The van der Waals surface area contributed by atoms with E-state index in [1.54, 1.807) is 48.5 Å². The summed E-state index contributed by atoms with van der Waals surface area (Å²) in [6, 6.07) is 17.7. The topological polar surface area (TPSA) is 34.1 Å². The average molecular weight is 476 g/mol. The van der Waals surface area contributed by atoms with Crippen molar-refractivity contribution in [3.05, 3.63) is 71.8 Å². The van der Waals surface area contributed by atoms with Gasteiger partial charge in [-0.05, 0) is 0 Å². The first kappa shape index (κ1) is 24.9. The molecule has 0 N–H and O–H groups in total. The molecule has 2 nitrogen and oxygen atoms in total.